The zero-order chi connectivity index (χ0) is 22.8. The van der Waals surface area contributed by atoms with Gasteiger partial charge < -0.3 is 15.4 Å². The summed E-state index contributed by atoms with van der Waals surface area (Å²) in [6.07, 6.45) is 2.06. The summed E-state index contributed by atoms with van der Waals surface area (Å²) in [7, 11) is 0. The quantitative estimate of drug-likeness (QED) is 0.316. The van der Waals surface area contributed by atoms with Crippen LogP contribution in [0, 0.1) is 0 Å². The van der Waals surface area contributed by atoms with Crippen LogP contribution in [0.15, 0.2) is 47.6 Å². The Bertz CT molecular complexity index is 982. The molecular formula is C21H22Cl2N4O4. The molecule has 3 N–H and O–H groups in total. The molecule has 164 valence electrons. The van der Waals surface area contributed by atoms with Crippen LogP contribution in [0.25, 0.3) is 0 Å². The fourth-order valence-electron chi connectivity index (χ4n) is 2.22. The molecule has 2 rings (SSSR count). The van der Waals surface area contributed by atoms with Crippen molar-refractivity contribution in [2.24, 2.45) is 5.10 Å². The number of rotatable bonds is 8. The maximum Gasteiger partial charge on any atom is 0.329 e. The SMILES string of the molecule is CC[C@@H](C)NC(=O)C(=O)N/N=C\c1cccc(OCC(=O)Nc2ccc(Cl)cc2Cl)c1. The zero-order valence-electron chi connectivity index (χ0n) is 16.9. The van der Waals surface area contributed by atoms with Gasteiger partial charge in [0.25, 0.3) is 5.91 Å². The molecule has 2 aromatic carbocycles. The molecule has 0 fully saturated rings. The molecule has 2 aromatic rings. The van der Waals surface area contributed by atoms with Crippen LogP contribution in [-0.4, -0.2) is 36.6 Å². The number of carbonyl (C=O) groups is 3. The summed E-state index contributed by atoms with van der Waals surface area (Å²) in [5.74, 6) is -1.60. The molecule has 0 unspecified atom stereocenters. The van der Waals surface area contributed by atoms with Crippen molar-refractivity contribution in [3.05, 3.63) is 58.1 Å². The van der Waals surface area contributed by atoms with E-state index in [2.05, 4.69) is 21.2 Å². The van der Waals surface area contributed by atoms with Crippen molar-refractivity contribution in [1.82, 2.24) is 10.7 Å². The molecular weight excluding hydrogens is 443 g/mol. The summed E-state index contributed by atoms with van der Waals surface area (Å²) < 4.78 is 5.47. The number of nitrogens with zero attached hydrogens (tertiary/aromatic N) is 1. The molecule has 10 heteroatoms. The van der Waals surface area contributed by atoms with Gasteiger partial charge in [0.2, 0.25) is 0 Å². The second-order valence-corrected chi connectivity index (χ2v) is 7.36. The Morgan fingerprint density at radius 3 is 2.61 bits per heavy atom. The van der Waals surface area contributed by atoms with Gasteiger partial charge >= 0.3 is 11.8 Å². The molecule has 0 aromatic heterocycles. The van der Waals surface area contributed by atoms with Gasteiger partial charge in [0, 0.05) is 11.1 Å². The summed E-state index contributed by atoms with van der Waals surface area (Å²) in [6.45, 7) is 3.45. The van der Waals surface area contributed by atoms with Gasteiger partial charge in [-0.15, -0.1) is 0 Å². The Balaban J connectivity index is 1.85. The molecule has 31 heavy (non-hydrogen) atoms. The van der Waals surface area contributed by atoms with Crippen LogP contribution in [0.2, 0.25) is 10.0 Å². The third-order valence-corrected chi connectivity index (χ3v) is 4.56. The number of halogens is 2. The fraction of sp³-hybridized carbons (Fsp3) is 0.238. The maximum absolute atomic E-state index is 12.1. The number of benzene rings is 2. The molecule has 0 aliphatic carbocycles. The molecule has 0 spiro atoms. The molecule has 0 saturated carbocycles. The minimum Gasteiger partial charge on any atom is -0.484 e. The predicted octanol–water partition coefficient (Wildman–Crippen LogP) is 3.38. The van der Waals surface area contributed by atoms with E-state index < -0.39 is 17.7 Å². The van der Waals surface area contributed by atoms with Crippen molar-refractivity contribution >= 4 is 52.8 Å². The number of nitrogens with one attached hydrogen (secondary N) is 3. The average Bonchev–Trinajstić information content (AvgIpc) is 2.74. The van der Waals surface area contributed by atoms with E-state index in [1.54, 1.807) is 43.3 Å². The van der Waals surface area contributed by atoms with Gasteiger partial charge in [-0.05, 0) is 49.2 Å². The number of amides is 3. The minimum atomic E-state index is -0.860. The van der Waals surface area contributed by atoms with E-state index in [1.165, 1.54) is 12.3 Å². The summed E-state index contributed by atoms with van der Waals surface area (Å²) in [5.41, 5.74) is 3.18. The van der Waals surface area contributed by atoms with Crippen LogP contribution < -0.4 is 20.8 Å². The predicted molar refractivity (Wildman–Crippen MR) is 121 cm³/mol. The zero-order valence-corrected chi connectivity index (χ0v) is 18.5. The normalized spacial score (nSPS) is 11.6. The smallest absolute Gasteiger partial charge is 0.329 e. The van der Waals surface area contributed by atoms with Gasteiger partial charge in [-0.25, -0.2) is 5.43 Å². The number of ether oxygens (including phenoxy) is 1. The first kappa shape index (κ1) is 24.2. The van der Waals surface area contributed by atoms with E-state index in [0.29, 0.717) is 33.5 Å². The molecule has 0 aliphatic heterocycles. The van der Waals surface area contributed by atoms with E-state index in [0.717, 1.165) is 0 Å². The second kappa shape index (κ2) is 11.9. The van der Waals surface area contributed by atoms with Crippen molar-refractivity contribution in [2.75, 3.05) is 11.9 Å². The highest BCUT2D eigenvalue weighted by atomic mass is 35.5. The largest absolute Gasteiger partial charge is 0.484 e. The summed E-state index contributed by atoms with van der Waals surface area (Å²) >= 11 is 11.9. The average molecular weight is 465 g/mol. The van der Waals surface area contributed by atoms with Crippen molar-refractivity contribution in [3.63, 3.8) is 0 Å². The minimum absolute atomic E-state index is 0.107. The summed E-state index contributed by atoms with van der Waals surface area (Å²) in [6, 6.07) is 11.3. The Hall–Kier alpha value is -3.10. The van der Waals surface area contributed by atoms with E-state index in [4.69, 9.17) is 27.9 Å². The van der Waals surface area contributed by atoms with Gasteiger partial charge in [0.05, 0.1) is 16.9 Å². The lowest BCUT2D eigenvalue weighted by Crippen LogP contribution is -2.41. The topological polar surface area (TPSA) is 109 Å². The van der Waals surface area contributed by atoms with Crippen LogP contribution in [0.5, 0.6) is 5.75 Å². The number of hydrogen-bond acceptors (Lipinski definition) is 5. The number of carbonyl (C=O) groups excluding carboxylic acids is 3. The molecule has 0 saturated heterocycles. The lowest BCUT2D eigenvalue weighted by atomic mass is 10.2. The van der Waals surface area contributed by atoms with E-state index >= 15 is 0 Å². The molecule has 1 atom stereocenters. The summed E-state index contributed by atoms with van der Waals surface area (Å²) in [5, 5.41) is 9.71. The van der Waals surface area contributed by atoms with Crippen molar-refractivity contribution < 1.29 is 19.1 Å². The summed E-state index contributed by atoms with van der Waals surface area (Å²) in [4.78, 5) is 35.4. The van der Waals surface area contributed by atoms with E-state index in [-0.39, 0.29) is 12.6 Å². The Morgan fingerprint density at radius 2 is 1.90 bits per heavy atom. The molecule has 8 nitrogen and oxygen atoms in total. The third-order valence-electron chi connectivity index (χ3n) is 4.01. The number of anilines is 1. The van der Waals surface area contributed by atoms with E-state index in [9.17, 15) is 14.4 Å². The van der Waals surface area contributed by atoms with Crippen molar-refractivity contribution in [3.8, 4) is 5.75 Å². The van der Waals surface area contributed by atoms with Crippen molar-refractivity contribution in [2.45, 2.75) is 26.3 Å². The molecule has 0 radical (unpaired) electrons. The highest BCUT2D eigenvalue weighted by Gasteiger charge is 2.14. The van der Waals surface area contributed by atoms with Gasteiger partial charge in [-0.3, -0.25) is 14.4 Å². The third kappa shape index (κ3) is 8.27. The van der Waals surface area contributed by atoms with Gasteiger partial charge in [0.1, 0.15) is 5.75 Å². The highest BCUT2D eigenvalue weighted by Crippen LogP contribution is 2.25. The van der Waals surface area contributed by atoms with E-state index in [1.807, 2.05) is 6.92 Å². The fourth-order valence-corrected chi connectivity index (χ4v) is 2.67. The van der Waals surface area contributed by atoms with Crippen LogP contribution in [0.1, 0.15) is 25.8 Å². The monoisotopic (exact) mass is 464 g/mol. The molecule has 0 aliphatic rings. The number of hydrogen-bond donors (Lipinski definition) is 3. The molecule has 0 bridgehead atoms. The number of hydrazone groups is 1. The second-order valence-electron chi connectivity index (χ2n) is 6.52. The van der Waals surface area contributed by atoms with Gasteiger partial charge in [-0.1, -0.05) is 42.3 Å². The first-order chi connectivity index (χ1) is 14.8. The maximum atomic E-state index is 12.1. The van der Waals surface area contributed by atoms with Crippen molar-refractivity contribution in [1.29, 1.82) is 0 Å². The van der Waals surface area contributed by atoms with Crippen LogP contribution >= 0.6 is 23.2 Å². The Kier molecular flexibility index (Phi) is 9.30. The lowest BCUT2D eigenvalue weighted by molar-refractivity contribution is -0.139. The molecule has 3 amide bonds. The lowest BCUT2D eigenvalue weighted by Gasteiger charge is -2.10. The van der Waals surface area contributed by atoms with Crippen LogP contribution in [0.4, 0.5) is 5.69 Å². The Morgan fingerprint density at radius 1 is 1.13 bits per heavy atom. The van der Waals surface area contributed by atoms with Gasteiger partial charge in [-0.2, -0.15) is 5.10 Å². The Labute approximate surface area is 189 Å². The highest BCUT2D eigenvalue weighted by molar-refractivity contribution is 6.36. The first-order valence-corrected chi connectivity index (χ1v) is 10.2. The van der Waals surface area contributed by atoms with Crippen LogP contribution in [-0.2, 0) is 14.4 Å². The standard InChI is InChI=1S/C21H22Cl2N4O4/c1-3-13(2)25-20(29)21(30)27-24-11-14-5-4-6-16(9-14)31-12-19(28)26-18-8-7-15(22)10-17(18)23/h4-11,13H,3,12H2,1-2H3,(H,25,29)(H,26,28)(H,27,30)/b24-11-/t13-/m1/s1. The molecule has 0 heterocycles. The van der Waals surface area contributed by atoms with Crippen LogP contribution in [0.3, 0.4) is 0 Å². The first-order valence-electron chi connectivity index (χ1n) is 9.40. The van der Waals surface area contributed by atoms with Gasteiger partial charge in [0.15, 0.2) is 6.61 Å².